The monoisotopic (exact) mass is 192 g/mol. The first-order chi connectivity index (χ1) is 6.65. The van der Waals surface area contributed by atoms with E-state index in [1.165, 1.54) is 5.56 Å². The first-order valence-corrected chi connectivity index (χ1v) is 4.60. The van der Waals surface area contributed by atoms with Crippen molar-refractivity contribution in [2.24, 2.45) is 0 Å². The van der Waals surface area contributed by atoms with Crippen molar-refractivity contribution in [3.63, 3.8) is 0 Å². The van der Waals surface area contributed by atoms with E-state index < -0.39 is 0 Å². The number of nitrogens with one attached hydrogen (secondary N) is 1. The van der Waals surface area contributed by atoms with E-state index in [0.29, 0.717) is 0 Å². The highest BCUT2D eigenvalue weighted by Gasteiger charge is 2.06. The highest BCUT2D eigenvalue weighted by Crippen LogP contribution is 2.05. The number of carbonyl (C=O) groups excluding carboxylic acids is 1. The minimum Gasteiger partial charge on any atom is -0.345 e. The van der Waals surface area contributed by atoms with Gasteiger partial charge in [-0.05, 0) is 24.7 Å². The molecule has 14 heavy (non-hydrogen) atoms. The van der Waals surface area contributed by atoms with Gasteiger partial charge in [0, 0.05) is 26.2 Å². The first-order valence-electron chi connectivity index (χ1n) is 4.60. The Bertz CT molecular complexity index is 304. The number of benzene rings is 1. The zero-order chi connectivity index (χ0) is 10.6. The number of nitrogens with zero attached hydrogens (tertiary/aromatic N) is 1. The third-order valence-electron chi connectivity index (χ3n) is 1.99. The van der Waals surface area contributed by atoms with E-state index in [1.807, 2.05) is 31.3 Å². The van der Waals surface area contributed by atoms with Gasteiger partial charge in [-0.3, -0.25) is 4.79 Å². The van der Waals surface area contributed by atoms with Gasteiger partial charge in [0.15, 0.2) is 0 Å². The van der Waals surface area contributed by atoms with Crippen molar-refractivity contribution in [2.45, 2.75) is 6.54 Å². The summed E-state index contributed by atoms with van der Waals surface area (Å²) in [5, 5.41) is 3.06. The molecule has 0 aliphatic heterocycles. The second-order valence-electron chi connectivity index (χ2n) is 3.43. The highest BCUT2D eigenvalue weighted by molar-refractivity contribution is 5.93. The maximum atomic E-state index is 11.5. The zero-order valence-electron chi connectivity index (χ0n) is 8.87. The summed E-state index contributed by atoms with van der Waals surface area (Å²) >= 11 is 0. The Morgan fingerprint density at radius 1 is 1.29 bits per heavy atom. The first kappa shape index (κ1) is 10.7. The zero-order valence-corrected chi connectivity index (χ0v) is 8.87. The maximum absolute atomic E-state index is 11.5. The van der Waals surface area contributed by atoms with Crippen LogP contribution in [0.15, 0.2) is 24.3 Å². The van der Waals surface area contributed by atoms with Gasteiger partial charge in [-0.1, -0.05) is 12.1 Å². The van der Waals surface area contributed by atoms with Crippen molar-refractivity contribution >= 4 is 5.91 Å². The molecule has 0 aliphatic carbocycles. The van der Waals surface area contributed by atoms with E-state index in [0.717, 1.165) is 12.1 Å². The van der Waals surface area contributed by atoms with Crippen molar-refractivity contribution < 1.29 is 4.79 Å². The molecule has 0 unspecified atom stereocenters. The third kappa shape index (κ3) is 2.57. The molecule has 0 heterocycles. The number of carbonyl (C=O) groups is 1. The quantitative estimate of drug-likeness (QED) is 0.778. The summed E-state index contributed by atoms with van der Waals surface area (Å²) in [6.07, 6.45) is 0. The molecule has 1 aromatic rings. The van der Waals surface area contributed by atoms with Gasteiger partial charge in [-0.15, -0.1) is 0 Å². The maximum Gasteiger partial charge on any atom is 0.253 e. The normalized spacial score (nSPS) is 9.93. The minimum absolute atomic E-state index is 0.0426. The molecule has 0 fully saturated rings. The summed E-state index contributed by atoms with van der Waals surface area (Å²) in [4.78, 5) is 13.1. The largest absolute Gasteiger partial charge is 0.345 e. The molecule has 0 aliphatic rings. The van der Waals surface area contributed by atoms with Crippen LogP contribution in [0.25, 0.3) is 0 Å². The van der Waals surface area contributed by atoms with Gasteiger partial charge in [0.1, 0.15) is 0 Å². The van der Waals surface area contributed by atoms with Gasteiger partial charge in [-0.2, -0.15) is 0 Å². The second-order valence-corrected chi connectivity index (χ2v) is 3.43. The summed E-state index contributed by atoms with van der Waals surface area (Å²) in [6, 6.07) is 7.64. The Hall–Kier alpha value is -1.35. The Morgan fingerprint density at radius 2 is 1.86 bits per heavy atom. The van der Waals surface area contributed by atoms with Crippen LogP contribution < -0.4 is 5.32 Å². The fourth-order valence-corrected chi connectivity index (χ4v) is 1.23. The molecular formula is C11H16N2O. The Labute approximate surface area is 84.7 Å². The number of amides is 1. The molecule has 1 rings (SSSR count). The molecule has 3 heteroatoms. The topological polar surface area (TPSA) is 32.3 Å². The fraction of sp³-hybridized carbons (Fsp3) is 0.364. The Kier molecular flexibility index (Phi) is 3.65. The van der Waals surface area contributed by atoms with E-state index in [-0.39, 0.29) is 5.91 Å². The van der Waals surface area contributed by atoms with Gasteiger partial charge in [0.2, 0.25) is 0 Å². The summed E-state index contributed by atoms with van der Waals surface area (Å²) < 4.78 is 0. The third-order valence-corrected chi connectivity index (χ3v) is 1.99. The Balaban J connectivity index is 2.78. The molecule has 0 bridgehead atoms. The van der Waals surface area contributed by atoms with E-state index in [4.69, 9.17) is 0 Å². The van der Waals surface area contributed by atoms with E-state index >= 15 is 0 Å². The molecular weight excluding hydrogens is 176 g/mol. The van der Waals surface area contributed by atoms with Crippen molar-refractivity contribution in [3.8, 4) is 0 Å². The molecule has 1 aromatic carbocycles. The van der Waals surface area contributed by atoms with Crippen molar-refractivity contribution in [1.29, 1.82) is 0 Å². The summed E-state index contributed by atoms with van der Waals surface area (Å²) in [5.41, 5.74) is 1.91. The van der Waals surface area contributed by atoms with Gasteiger partial charge >= 0.3 is 0 Å². The van der Waals surface area contributed by atoms with Crippen molar-refractivity contribution in [2.75, 3.05) is 21.1 Å². The van der Waals surface area contributed by atoms with Crippen LogP contribution in [0.2, 0.25) is 0 Å². The van der Waals surface area contributed by atoms with Crippen LogP contribution in [0.4, 0.5) is 0 Å². The molecule has 0 atom stereocenters. The molecule has 3 nitrogen and oxygen atoms in total. The van der Waals surface area contributed by atoms with Crippen LogP contribution in [0, 0.1) is 0 Å². The molecule has 0 radical (unpaired) electrons. The van der Waals surface area contributed by atoms with E-state index in [1.54, 1.807) is 19.0 Å². The van der Waals surface area contributed by atoms with Crippen LogP contribution in [-0.2, 0) is 6.54 Å². The minimum atomic E-state index is 0.0426. The average molecular weight is 192 g/mol. The van der Waals surface area contributed by atoms with Crippen LogP contribution in [0.3, 0.4) is 0 Å². The number of hydrogen-bond donors (Lipinski definition) is 1. The van der Waals surface area contributed by atoms with Crippen molar-refractivity contribution in [3.05, 3.63) is 35.4 Å². The highest BCUT2D eigenvalue weighted by atomic mass is 16.2. The lowest BCUT2D eigenvalue weighted by Crippen LogP contribution is -2.21. The SMILES string of the molecule is CNCc1ccc(C(=O)N(C)C)cc1. The van der Waals surface area contributed by atoms with Crippen LogP contribution in [0.5, 0.6) is 0 Å². The lowest BCUT2D eigenvalue weighted by Gasteiger charge is -2.10. The lowest BCUT2D eigenvalue weighted by atomic mass is 10.1. The predicted octanol–water partition coefficient (Wildman–Crippen LogP) is 1.11. The molecule has 0 saturated carbocycles. The molecule has 0 spiro atoms. The van der Waals surface area contributed by atoms with Gasteiger partial charge < -0.3 is 10.2 Å². The predicted molar refractivity (Wildman–Crippen MR) is 57.2 cm³/mol. The fourth-order valence-electron chi connectivity index (χ4n) is 1.23. The summed E-state index contributed by atoms with van der Waals surface area (Å²) in [7, 11) is 5.41. The molecule has 1 amide bonds. The van der Waals surface area contributed by atoms with Gasteiger partial charge in [0.25, 0.3) is 5.91 Å². The Morgan fingerprint density at radius 3 is 2.29 bits per heavy atom. The molecule has 0 aromatic heterocycles. The molecule has 0 saturated heterocycles. The lowest BCUT2D eigenvalue weighted by molar-refractivity contribution is 0.0827. The van der Waals surface area contributed by atoms with Crippen LogP contribution >= 0.6 is 0 Å². The van der Waals surface area contributed by atoms with Crippen LogP contribution in [0.1, 0.15) is 15.9 Å². The van der Waals surface area contributed by atoms with E-state index in [9.17, 15) is 4.79 Å². The summed E-state index contributed by atoms with van der Waals surface area (Å²) in [5.74, 6) is 0.0426. The van der Waals surface area contributed by atoms with E-state index in [2.05, 4.69) is 5.32 Å². The standard InChI is InChI=1S/C11H16N2O/c1-12-8-9-4-6-10(7-5-9)11(14)13(2)3/h4-7,12H,8H2,1-3H3. The summed E-state index contributed by atoms with van der Waals surface area (Å²) in [6.45, 7) is 0.830. The van der Waals surface area contributed by atoms with Gasteiger partial charge in [-0.25, -0.2) is 0 Å². The second kappa shape index (κ2) is 4.77. The molecule has 1 N–H and O–H groups in total. The smallest absolute Gasteiger partial charge is 0.253 e. The van der Waals surface area contributed by atoms with Crippen molar-refractivity contribution in [1.82, 2.24) is 10.2 Å². The average Bonchev–Trinajstić information content (AvgIpc) is 2.18. The van der Waals surface area contributed by atoms with Gasteiger partial charge in [0.05, 0.1) is 0 Å². The van der Waals surface area contributed by atoms with Crippen LogP contribution in [-0.4, -0.2) is 32.0 Å². The number of hydrogen-bond acceptors (Lipinski definition) is 2. The number of rotatable bonds is 3. The molecule has 76 valence electrons.